The molecule has 0 spiro atoms. The molecule has 4 rings (SSSR count). The van der Waals surface area contributed by atoms with Gasteiger partial charge in [-0.3, -0.25) is 9.59 Å². The number of aromatic nitrogens is 2. The van der Waals surface area contributed by atoms with Crippen molar-refractivity contribution in [3.63, 3.8) is 0 Å². The van der Waals surface area contributed by atoms with Gasteiger partial charge in [-0.25, -0.2) is 4.98 Å². The van der Waals surface area contributed by atoms with Crippen molar-refractivity contribution in [3.8, 4) is 0 Å². The molecule has 3 aromatic rings. The summed E-state index contributed by atoms with van der Waals surface area (Å²) in [6.07, 6.45) is 3.82. The van der Waals surface area contributed by atoms with Gasteiger partial charge in [0.2, 0.25) is 0 Å². The lowest BCUT2D eigenvalue weighted by Crippen LogP contribution is -2.37. The van der Waals surface area contributed by atoms with Crippen LogP contribution < -0.4 is 16.0 Å². The van der Waals surface area contributed by atoms with Crippen LogP contribution in [0.15, 0.2) is 48.8 Å². The van der Waals surface area contributed by atoms with Crippen LogP contribution in [0.5, 0.6) is 0 Å². The Kier molecular flexibility index (Phi) is 8.01. The molecule has 4 N–H and O–H groups in total. The smallest absolute Gasteiger partial charge is 0.255 e. The molecule has 154 valence electrons. The van der Waals surface area contributed by atoms with Crippen molar-refractivity contribution in [1.82, 2.24) is 20.6 Å². The summed E-state index contributed by atoms with van der Waals surface area (Å²) in [5, 5.41) is 9.14. The van der Waals surface area contributed by atoms with E-state index in [0.717, 1.165) is 30.4 Å². The second-order valence-corrected chi connectivity index (χ2v) is 6.67. The molecule has 2 amide bonds. The number of benzene rings is 2. The summed E-state index contributed by atoms with van der Waals surface area (Å²) in [5.74, 6) is -0.377. The number of fused-ring (bicyclic) bond motifs is 1. The van der Waals surface area contributed by atoms with E-state index >= 15 is 0 Å². The summed E-state index contributed by atoms with van der Waals surface area (Å²) in [6.45, 7) is 1.62. The first-order valence-corrected chi connectivity index (χ1v) is 9.05. The van der Waals surface area contributed by atoms with Crippen LogP contribution in [-0.4, -0.2) is 40.9 Å². The highest BCUT2D eigenvalue weighted by Crippen LogP contribution is 2.15. The zero-order chi connectivity index (χ0) is 18.6. The van der Waals surface area contributed by atoms with Crippen LogP contribution in [0.2, 0.25) is 0 Å². The van der Waals surface area contributed by atoms with Crippen molar-refractivity contribution in [1.29, 1.82) is 0 Å². The number of nitrogens with one attached hydrogen (secondary N) is 4. The molecule has 0 aliphatic carbocycles. The average Bonchev–Trinajstić information content (AvgIpc) is 3.37. The molecule has 2 aromatic carbocycles. The number of hydrogen-bond donors (Lipinski definition) is 4. The lowest BCUT2D eigenvalue weighted by atomic mass is 10.1. The van der Waals surface area contributed by atoms with Crippen LogP contribution in [0, 0.1) is 0 Å². The third-order valence-electron chi connectivity index (χ3n) is 4.74. The third-order valence-corrected chi connectivity index (χ3v) is 4.74. The monoisotopic (exact) mass is 435 g/mol. The van der Waals surface area contributed by atoms with Crippen LogP contribution in [0.3, 0.4) is 0 Å². The maximum atomic E-state index is 12.5. The van der Waals surface area contributed by atoms with Crippen molar-refractivity contribution in [3.05, 3.63) is 59.9 Å². The zero-order valence-corrected chi connectivity index (χ0v) is 17.2. The number of hydrogen-bond acceptors (Lipinski definition) is 4. The fraction of sp³-hybridized carbons (Fsp3) is 0.250. The van der Waals surface area contributed by atoms with E-state index in [1.807, 2.05) is 0 Å². The molecule has 1 fully saturated rings. The number of nitrogens with zero attached hydrogens (tertiary/aromatic N) is 1. The Morgan fingerprint density at radius 2 is 1.90 bits per heavy atom. The van der Waals surface area contributed by atoms with Gasteiger partial charge in [0, 0.05) is 29.4 Å². The Morgan fingerprint density at radius 3 is 2.69 bits per heavy atom. The molecule has 1 atom stereocenters. The van der Waals surface area contributed by atoms with Crippen LogP contribution >= 0.6 is 24.8 Å². The van der Waals surface area contributed by atoms with Gasteiger partial charge in [-0.05, 0) is 55.8 Å². The molecule has 0 radical (unpaired) electrons. The van der Waals surface area contributed by atoms with E-state index in [1.165, 1.54) is 0 Å². The Balaban J connectivity index is 0.00000150. The Bertz CT molecular complexity index is 986. The van der Waals surface area contributed by atoms with Crippen LogP contribution in [-0.2, 0) is 0 Å². The van der Waals surface area contributed by atoms with Gasteiger partial charge in [0.25, 0.3) is 11.8 Å². The number of anilines is 1. The maximum absolute atomic E-state index is 12.5. The predicted octanol–water partition coefficient (Wildman–Crippen LogP) is 3.14. The van der Waals surface area contributed by atoms with Crippen LogP contribution in [0.1, 0.15) is 33.6 Å². The maximum Gasteiger partial charge on any atom is 0.255 e. The molecule has 0 bridgehead atoms. The van der Waals surface area contributed by atoms with Crippen molar-refractivity contribution >= 4 is 53.3 Å². The SMILES string of the molecule is Cl.Cl.O=C(NCC1CCCN1)c1cccc(NC(=O)c2ccc3nc[nH]c3c2)c1. The topological polar surface area (TPSA) is 98.9 Å². The molecule has 0 saturated carbocycles. The number of amides is 2. The molecule has 1 aliphatic heterocycles. The van der Waals surface area contributed by atoms with Gasteiger partial charge in [0.1, 0.15) is 0 Å². The number of H-pyrrole nitrogens is 1. The van der Waals surface area contributed by atoms with Crippen molar-refractivity contribution < 1.29 is 9.59 Å². The van der Waals surface area contributed by atoms with E-state index in [2.05, 4.69) is 25.9 Å². The Morgan fingerprint density at radius 1 is 1.07 bits per heavy atom. The van der Waals surface area contributed by atoms with Gasteiger partial charge in [0.05, 0.1) is 17.4 Å². The molecule has 1 aliphatic rings. The van der Waals surface area contributed by atoms with E-state index in [0.29, 0.717) is 29.4 Å². The Labute approximate surface area is 180 Å². The lowest BCUT2D eigenvalue weighted by Gasteiger charge is -2.12. The minimum atomic E-state index is -0.237. The number of halogens is 2. The second kappa shape index (κ2) is 10.2. The highest BCUT2D eigenvalue weighted by Gasteiger charge is 2.16. The second-order valence-electron chi connectivity index (χ2n) is 6.67. The molecule has 1 saturated heterocycles. The van der Waals surface area contributed by atoms with Gasteiger partial charge in [0.15, 0.2) is 0 Å². The summed E-state index contributed by atoms with van der Waals surface area (Å²) in [6, 6.07) is 12.6. The van der Waals surface area contributed by atoms with Gasteiger partial charge >= 0.3 is 0 Å². The summed E-state index contributed by atoms with van der Waals surface area (Å²) in [4.78, 5) is 32.0. The minimum Gasteiger partial charge on any atom is -0.350 e. The average molecular weight is 436 g/mol. The van der Waals surface area contributed by atoms with Gasteiger partial charge in [-0.1, -0.05) is 6.07 Å². The molecular formula is C20H23Cl2N5O2. The molecule has 1 unspecified atom stereocenters. The van der Waals surface area contributed by atoms with Crippen molar-refractivity contribution in [2.75, 3.05) is 18.4 Å². The molecular weight excluding hydrogens is 413 g/mol. The van der Waals surface area contributed by atoms with E-state index in [4.69, 9.17) is 0 Å². The molecule has 29 heavy (non-hydrogen) atoms. The first kappa shape index (κ1) is 22.7. The van der Waals surface area contributed by atoms with Gasteiger partial charge in [-0.2, -0.15) is 0 Å². The third kappa shape index (κ3) is 5.47. The van der Waals surface area contributed by atoms with E-state index in [-0.39, 0.29) is 36.6 Å². The zero-order valence-electron chi connectivity index (χ0n) is 15.6. The quantitative estimate of drug-likeness (QED) is 0.494. The fourth-order valence-electron chi connectivity index (χ4n) is 3.27. The number of imidazole rings is 1. The number of carbonyl (C=O) groups excluding carboxylic acids is 2. The molecule has 7 nitrogen and oxygen atoms in total. The van der Waals surface area contributed by atoms with Gasteiger partial charge in [-0.15, -0.1) is 24.8 Å². The number of carbonyl (C=O) groups is 2. The fourth-order valence-corrected chi connectivity index (χ4v) is 3.27. The standard InChI is InChI=1S/C20H21N5O2.2ClH/c26-19(22-11-16-5-2-8-21-16)13-3-1-4-15(9-13)25-20(27)14-6-7-17-18(10-14)24-12-23-17;;/h1,3-4,6-7,9-10,12,16,21H,2,5,8,11H2,(H,22,26)(H,23,24)(H,25,27);2*1H. The van der Waals surface area contributed by atoms with Crippen LogP contribution in [0.4, 0.5) is 5.69 Å². The predicted molar refractivity (Wildman–Crippen MR) is 118 cm³/mol. The van der Waals surface area contributed by atoms with Crippen molar-refractivity contribution in [2.45, 2.75) is 18.9 Å². The summed E-state index contributed by atoms with van der Waals surface area (Å²) in [5.41, 5.74) is 3.23. The largest absolute Gasteiger partial charge is 0.350 e. The lowest BCUT2D eigenvalue weighted by molar-refractivity contribution is 0.0949. The minimum absolute atomic E-state index is 0. The molecule has 9 heteroatoms. The summed E-state index contributed by atoms with van der Waals surface area (Å²) < 4.78 is 0. The Hall–Kier alpha value is -2.61. The van der Waals surface area contributed by atoms with E-state index in [9.17, 15) is 9.59 Å². The first-order valence-electron chi connectivity index (χ1n) is 9.05. The van der Waals surface area contributed by atoms with Gasteiger partial charge < -0.3 is 20.9 Å². The summed E-state index contributed by atoms with van der Waals surface area (Å²) >= 11 is 0. The number of aromatic amines is 1. The normalized spacial score (nSPS) is 15.2. The van der Waals surface area contributed by atoms with E-state index < -0.39 is 0 Å². The molecule has 1 aromatic heterocycles. The van der Waals surface area contributed by atoms with E-state index in [1.54, 1.807) is 48.8 Å². The first-order chi connectivity index (χ1) is 13.2. The highest BCUT2D eigenvalue weighted by molar-refractivity contribution is 6.06. The van der Waals surface area contributed by atoms with Crippen LogP contribution in [0.25, 0.3) is 11.0 Å². The molecule has 2 heterocycles. The van der Waals surface area contributed by atoms with Crippen molar-refractivity contribution in [2.24, 2.45) is 0 Å². The number of rotatable bonds is 5. The summed E-state index contributed by atoms with van der Waals surface area (Å²) in [7, 11) is 0. The highest BCUT2D eigenvalue weighted by atomic mass is 35.5.